The highest BCUT2D eigenvalue weighted by atomic mass is 32.1. The van der Waals surface area contributed by atoms with Gasteiger partial charge in [0.2, 0.25) is 0 Å². The van der Waals surface area contributed by atoms with Gasteiger partial charge >= 0.3 is 6.09 Å². The van der Waals surface area contributed by atoms with Crippen molar-refractivity contribution < 1.29 is 9.53 Å². The standard InChI is InChI=1S/C15H25N3O2S/c1-10-9-21-13(16-10)11(2)17-12-6-7-18(8-12)14(19)20-15(3,4)5/h9,11-12,17H,6-8H2,1-5H3. The molecule has 0 saturated carbocycles. The molecule has 21 heavy (non-hydrogen) atoms. The highest BCUT2D eigenvalue weighted by Crippen LogP contribution is 2.21. The highest BCUT2D eigenvalue weighted by molar-refractivity contribution is 7.09. The van der Waals surface area contributed by atoms with Gasteiger partial charge in [-0.3, -0.25) is 0 Å². The van der Waals surface area contributed by atoms with Crippen LogP contribution in [0.5, 0.6) is 0 Å². The first-order valence-electron chi connectivity index (χ1n) is 7.40. The number of amides is 1. The van der Waals surface area contributed by atoms with E-state index < -0.39 is 5.60 Å². The minimum atomic E-state index is -0.436. The number of rotatable bonds is 3. The first-order valence-corrected chi connectivity index (χ1v) is 8.28. The third kappa shape index (κ3) is 4.68. The summed E-state index contributed by atoms with van der Waals surface area (Å²) >= 11 is 1.68. The molecule has 1 aliphatic rings. The van der Waals surface area contributed by atoms with Crippen molar-refractivity contribution in [2.75, 3.05) is 13.1 Å². The average molecular weight is 311 g/mol. The first kappa shape index (κ1) is 16.2. The number of carbonyl (C=O) groups is 1. The SMILES string of the molecule is Cc1csc(C(C)NC2CCN(C(=O)OC(C)(C)C)C2)n1. The van der Waals surface area contributed by atoms with Gasteiger partial charge < -0.3 is 15.0 Å². The van der Waals surface area contributed by atoms with E-state index in [1.54, 1.807) is 16.2 Å². The van der Waals surface area contributed by atoms with Crippen LogP contribution in [0, 0.1) is 6.92 Å². The lowest BCUT2D eigenvalue weighted by Gasteiger charge is -2.24. The number of hydrogen-bond acceptors (Lipinski definition) is 5. The second kappa shape index (κ2) is 6.32. The summed E-state index contributed by atoms with van der Waals surface area (Å²) in [5.74, 6) is 0. The van der Waals surface area contributed by atoms with Crippen molar-refractivity contribution in [1.29, 1.82) is 0 Å². The van der Waals surface area contributed by atoms with E-state index in [9.17, 15) is 4.79 Å². The van der Waals surface area contributed by atoms with E-state index in [-0.39, 0.29) is 12.1 Å². The number of aromatic nitrogens is 1. The summed E-state index contributed by atoms with van der Waals surface area (Å²) in [7, 11) is 0. The molecule has 1 aromatic rings. The second-order valence-corrected chi connectivity index (χ2v) is 7.52. The Hall–Kier alpha value is -1.14. The molecule has 2 atom stereocenters. The normalized spacial score (nSPS) is 20.6. The monoisotopic (exact) mass is 311 g/mol. The highest BCUT2D eigenvalue weighted by Gasteiger charge is 2.30. The summed E-state index contributed by atoms with van der Waals surface area (Å²) < 4.78 is 5.41. The van der Waals surface area contributed by atoms with E-state index >= 15 is 0 Å². The average Bonchev–Trinajstić information content (AvgIpc) is 2.96. The second-order valence-electron chi connectivity index (χ2n) is 6.63. The van der Waals surface area contributed by atoms with Gasteiger partial charge in [0, 0.05) is 30.2 Å². The largest absolute Gasteiger partial charge is 0.444 e. The van der Waals surface area contributed by atoms with E-state index in [1.165, 1.54) is 0 Å². The van der Waals surface area contributed by atoms with Crippen molar-refractivity contribution in [3.8, 4) is 0 Å². The number of ether oxygens (including phenoxy) is 1. The molecular weight excluding hydrogens is 286 g/mol. The lowest BCUT2D eigenvalue weighted by Crippen LogP contribution is -2.39. The quantitative estimate of drug-likeness (QED) is 0.932. The molecule has 0 bridgehead atoms. The molecule has 1 amide bonds. The Kier molecular flexibility index (Phi) is 4.88. The van der Waals surface area contributed by atoms with Crippen LogP contribution in [0.2, 0.25) is 0 Å². The van der Waals surface area contributed by atoms with Gasteiger partial charge in [0.1, 0.15) is 10.6 Å². The van der Waals surface area contributed by atoms with E-state index in [0.717, 1.165) is 23.7 Å². The van der Waals surface area contributed by atoms with Gasteiger partial charge in [0.05, 0.1) is 6.04 Å². The van der Waals surface area contributed by atoms with Crippen LogP contribution in [0.25, 0.3) is 0 Å². The van der Waals surface area contributed by atoms with E-state index in [2.05, 4.69) is 22.6 Å². The van der Waals surface area contributed by atoms with Crippen molar-refractivity contribution in [1.82, 2.24) is 15.2 Å². The van der Waals surface area contributed by atoms with Gasteiger partial charge in [0.15, 0.2) is 0 Å². The molecular formula is C15H25N3O2S. The predicted molar refractivity (Wildman–Crippen MR) is 84.6 cm³/mol. The number of carbonyl (C=O) groups excluding carboxylic acids is 1. The topological polar surface area (TPSA) is 54.5 Å². The number of nitrogens with one attached hydrogen (secondary N) is 1. The Morgan fingerprint density at radius 2 is 2.29 bits per heavy atom. The number of nitrogens with zero attached hydrogens (tertiary/aromatic N) is 2. The number of thiazole rings is 1. The maximum atomic E-state index is 12.0. The molecule has 5 nitrogen and oxygen atoms in total. The van der Waals surface area contributed by atoms with Crippen LogP contribution >= 0.6 is 11.3 Å². The van der Waals surface area contributed by atoms with Gasteiger partial charge in [-0.2, -0.15) is 0 Å². The summed E-state index contributed by atoms with van der Waals surface area (Å²) in [5.41, 5.74) is 0.624. The Bertz CT molecular complexity index is 495. The molecule has 2 unspecified atom stereocenters. The van der Waals surface area contributed by atoms with Crippen molar-refractivity contribution >= 4 is 17.4 Å². The molecule has 1 saturated heterocycles. The third-order valence-electron chi connectivity index (χ3n) is 3.33. The van der Waals surface area contributed by atoms with Gasteiger partial charge in [-0.25, -0.2) is 9.78 Å². The van der Waals surface area contributed by atoms with Crippen molar-refractivity contribution in [2.45, 2.75) is 58.7 Å². The van der Waals surface area contributed by atoms with E-state index in [1.807, 2.05) is 27.7 Å². The molecule has 2 heterocycles. The third-order valence-corrected chi connectivity index (χ3v) is 4.48. The van der Waals surface area contributed by atoms with E-state index in [4.69, 9.17) is 4.74 Å². The summed E-state index contributed by atoms with van der Waals surface area (Å²) in [6.07, 6.45) is 0.734. The van der Waals surface area contributed by atoms with Crippen molar-refractivity contribution in [2.24, 2.45) is 0 Å². The molecule has 1 aliphatic heterocycles. The fourth-order valence-electron chi connectivity index (χ4n) is 2.38. The van der Waals surface area contributed by atoms with Crippen LogP contribution in [0.4, 0.5) is 4.79 Å². The summed E-state index contributed by atoms with van der Waals surface area (Å²) in [6.45, 7) is 11.2. The van der Waals surface area contributed by atoms with Crippen molar-refractivity contribution in [3.63, 3.8) is 0 Å². The van der Waals surface area contributed by atoms with Crippen LogP contribution in [0.1, 0.15) is 50.9 Å². The summed E-state index contributed by atoms with van der Waals surface area (Å²) in [5, 5.41) is 6.72. The molecule has 2 rings (SSSR count). The van der Waals surface area contributed by atoms with E-state index in [0.29, 0.717) is 12.6 Å². The summed E-state index contributed by atoms with van der Waals surface area (Å²) in [6, 6.07) is 0.518. The maximum absolute atomic E-state index is 12.0. The lowest BCUT2D eigenvalue weighted by molar-refractivity contribution is 0.0290. The Morgan fingerprint density at radius 1 is 1.57 bits per heavy atom. The van der Waals surface area contributed by atoms with Crippen LogP contribution < -0.4 is 5.32 Å². The Labute approximate surface area is 130 Å². The molecule has 0 radical (unpaired) electrons. The minimum Gasteiger partial charge on any atom is -0.444 e. The first-order chi connectivity index (χ1) is 9.74. The predicted octanol–water partition coefficient (Wildman–Crippen LogP) is 3.11. The Morgan fingerprint density at radius 3 is 2.86 bits per heavy atom. The van der Waals surface area contributed by atoms with Gasteiger partial charge in [-0.05, 0) is 41.0 Å². The Balaban J connectivity index is 1.84. The molecule has 0 aromatic carbocycles. The molecule has 0 spiro atoms. The fourth-order valence-corrected chi connectivity index (χ4v) is 3.20. The molecule has 1 aromatic heterocycles. The van der Waals surface area contributed by atoms with Crippen molar-refractivity contribution in [3.05, 3.63) is 16.1 Å². The van der Waals surface area contributed by atoms with Crippen LogP contribution in [0.15, 0.2) is 5.38 Å². The molecule has 6 heteroatoms. The molecule has 118 valence electrons. The van der Waals surface area contributed by atoms with Crippen LogP contribution in [-0.2, 0) is 4.74 Å². The van der Waals surface area contributed by atoms with Crippen LogP contribution in [-0.4, -0.2) is 40.7 Å². The number of aryl methyl sites for hydroxylation is 1. The van der Waals surface area contributed by atoms with Crippen LogP contribution in [0.3, 0.4) is 0 Å². The smallest absolute Gasteiger partial charge is 0.410 e. The molecule has 1 fully saturated rings. The van der Waals surface area contributed by atoms with Gasteiger partial charge in [-0.15, -0.1) is 11.3 Å². The summed E-state index contributed by atoms with van der Waals surface area (Å²) in [4.78, 5) is 18.3. The molecule has 0 aliphatic carbocycles. The zero-order valence-electron chi connectivity index (χ0n) is 13.5. The lowest BCUT2D eigenvalue weighted by atomic mass is 10.2. The van der Waals surface area contributed by atoms with Gasteiger partial charge in [-0.1, -0.05) is 0 Å². The number of likely N-dealkylation sites (tertiary alicyclic amines) is 1. The zero-order chi connectivity index (χ0) is 15.6. The maximum Gasteiger partial charge on any atom is 0.410 e. The van der Waals surface area contributed by atoms with Gasteiger partial charge in [0.25, 0.3) is 0 Å². The molecule has 1 N–H and O–H groups in total. The fraction of sp³-hybridized carbons (Fsp3) is 0.733. The minimum absolute atomic E-state index is 0.215. The number of hydrogen-bond donors (Lipinski definition) is 1. The zero-order valence-corrected chi connectivity index (χ0v) is 14.3.